The van der Waals surface area contributed by atoms with Gasteiger partial charge in [-0.1, -0.05) is 12.1 Å². The Morgan fingerprint density at radius 1 is 1.32 bits per heavy atom. The van der Waals surface area contributed by atoms with E-state index in [1.165, 1.54) is 4.57 Å². The molecule has 1 aliphatic rings. The van der Waals surface area contributed by atoms with Crippen molar-refractivity contribution in [2.45, 2.75) is 31.8 Å². The van der Waals surface area contributed by atoms with Gasteiger partial charge in [0.1, 0.15) is 6.54 Å². The number of likely N-dealkylation sites (tertiary alicyclic amines) is 1. The quantitative estimate of drug-likeness (QED) is 0.792. The van der Waals surface area contributed by atoms with Crippen LogP contribution in [0.1, 0.15) is 19.3 Å². The van der Waals surface area contributed by atoms with Gasteiger partial charge in [-0.25, -0.2) is 17.9 Å². The number of fused-ring (bicyclic) bond motifs is 1. The molecule has 0 radical (unpaired) electrons. The Morgan fingerprint density at radius 3 is 2.84 bits per heavy atom. The summed E-state index contributed by atoms with van der Waals surface area (Å²) < 4.78 is 26.6. The molecule has 136 valence electrons. The number of aromatic nitrogens is 2. The Bertz CT molecular complexity index is 931. The van der Waals surface area contributed by atoms with Crippen LogP contribution in [0.25, 0.3) is 11.0 Å². The molecule has 0 spiro atoms. The molecule has 1 fully saturated rings. The fraction of sp³-hybridized carbons (Fsp3) is 0.500. The normalized spacial score (nSPS) is 18.6. The molecule has 0 aliphatic carbocycles. The number of hydrogen-bond donors (Lipinski definition) is 2. The van der Waals surface area contributed by atoms with Gasteiger partial charge in [0, 0.05) is 19.1 Å². The van der Waals surface area contributed by atoms with Crippen LogP contribution in [0.4, 0.5) is 0 Å². The first-order valence-corrected chi connectivity index (χ1v) is 10.2. The molecule has 1 atom stereocenters. The molecule has 2 N–H and O–H groups in total. The van der Waals surface area contributed by atoms with Gasteiger partial charge in [0.05, 0.1) is 17.3 Å². The molecule has 0 bridgehead atoms. The van der Waals surface area contributed by atoms with Gasteiger partial charge in [-0.05, 0) is 31.4 Å². The number of carbonyl (C=O) groups is 1. The van der Waals surface area contributed by atoms with Crippen molar-refractivity contribution in [2.24, 2.45) is 0 Å². The maximum absolute atomic E-state index is 12.8. The Kier molecular flexibility index (Phi) is 4.96. The van der Waals surface area contributed by atoms with Gasteiger partial charge in [-0.3, -0.25) is 9.36 Å². The summed E-state index contributed by atoms with van der Waals surface area (Å²) >= 11 is 0. The van der Waals surface area contributed by atoms with Crippen molar-refractivity contribution < 1.29 is 13.2 Å². The standard InChI is InChI=1S/C16H22N4O4S/c1-25(23,24)17-10-12-6-4-5-9-19(12)15(21)11-20-14-8-3-2-7-13(14)18-16(20)22/h2-3,7-8,12,17H,4-6,9-11H2,1H3,(H,18,22). The van der Waals surface area contributed by atoms with Crippen LogP contribution in [0, 0.1) is 0 Å². The second-order valence-electron chi connectivity index (χ2n) is 6.39. The van der Waals surface area contributed by atoms with Crippen molar-refractivity contribution in [1.29, 1.82) is 0 Å². The molecule has 1 aromatic heterocycles. The number of rotatable bonds is 5. The van der Waals surface area contributed by atoms with Gasteiger partial charge in [-0.15, -0.1) is 0 Å². The lowest BCUT2D eigenvalue weighted by molar-refractivity contribution is -0.135. The highest BCUT2D eigenvalue weighted by molar-refractivity contribution is 7.88. The average Bonchev–Trinajstić information content (AvgIpc) is 2.88. The maximum Gasteiger partial charge on any atom is 0.326 e. The van der Waals surface area contributed by atoms with Crippen molar-refractivity contribution in [1.82, 2.24) is 19.2 Å². The Balaban J connectivity index is 1.78. The van der Waals surface area contributed by atoms with E-state index in [2.05, 4.69) is 9.71 Å². The van der Waals surface area contributed by atoms with Gasteiger partial charge >= 0.3 is 5.69 Å². The summed E-state index contributed by atoms with van der Waals surface area (Å²) in [5.74, 6) is -0.174. The summed E-state index contributed by atoms with van der Waals surface area (Å²) in [6.45, 7) is 0.720. The zero-order valence-corrected chi connectivity index (χ0v) is 14.9. The lowest BCUT2D eigenvalue weighted by atomic mass is 10.0. The molecule has 0 saturated carbocycles. The van der Waals surface area contributed by atoms with E-state index in [9.17, 15) is 18.0 Å². The van der Waals surface area contributed by atoms with Crippen LogP contribution in [-0.4, -0.2) is 54.2 Å². The van der Waals surface area contributed by atoms with E-state index in [4.69, 9.17) is 0 Å². The molecular weight excluding hydrogens is 344 g/mol. The second-order valence-corrected chi connectivity index (χ2v) is 8.22. The molecule has 25 heavy (non-hydrogen) atoms. The van der Waals surface area contributed by atoms with Crippen LogP contribution in [0.5, 0.6) is 0 Å². The third-order valence-corrected chi connectivity index (χ3v) is 5.19. The van der Waals surface area contributed by atoms with E-state index in [0.717, 1.165) is 25.5 Å². The molecular formula is C16H22N4O4S. The highest BCUT2D eigenvalue weighted by Crippen LogP contribution is 2.18. The van der Waals surface area contributed by atoms with Gasteiger partial charge < -0.3 is 9.88 Å². The van der Waals surface area contributed by atoms with Crippen molar-refractivity contribution in [3.05, 3.63) is 34.7 Å². The minimum Gasteiger partial charge on any atom is -0.337 e. The molecule has 1 aromatic carbocycles. The largest absolute Gasteiger partial charge is 0.337 e. The third-order valence-electron chi connectivity index (χ3n) is 4.50. The van der Waals surface area contributed by atoms with Gasteiger partial charge in [-0.2, -0.15) is 0 Å². The van der Waals surface area contributed by atoms with Gasteiger partial charge in [0.2, 0.25) is 15.9 Å². The first-order chi connectivity index (χ1) is 11.8. The number of H-pyrrole nitrogens is 1. The number of para-hydroxylation sites is 2. The lowest BCUT2D eigenvalue weighted by Gasteiger charge is -2.35. The fourth-order valence-electron chi connectivity index (χ4n) is 3.28. The lowest BCUT2D eigenvalue weighted by Crippen LogP contribution is -2.50. The van der Waals surface area contributed by atoms with E-state index in [1.807, 2.05) is 12.1 Å². The maximum atomic E-state index is 12.8. The zero-order valence-electron chi connectivity index (χ0n) is 14.1. The fourth-order valence-corrected chi connectivity index (χ4v) is 3.77. The van der Waals surface area contributed by atoms with Gasteiger partial charge in [0.15, 0.2) is 0 Å². The number of piperidine rings is 1. The first-order valence-electron chi connectivity index (χ1n) is 8.27. The molecule has 1 saturated heterocycles. The van der Waals surface area contributed by atoms with Crippen LogP contribution < -0.4 is 10.4 Å². The molecule has 3 rings (SSSR count). The van der Waals surface area contributed by atoms with Crippen LogP contribution >= 0.6 is 0 Å². The topological polar surface area (TPSA) is 104 Å². The SMILES string of the molecule is CS(=O)(=O)NCC1CCCCN1C(=O)Cn1c(=O)[nH]c2ccccc21. The third kappa shape index (κ3) is 4.10. The minimum atomic E-state index is -3.31. The average molecular weight is 366 g/mol. The molecule has 1 aliphatic heterocycles. The predicted octanol–water partition coefficient (Wildman–Crippen LogP) is 0.260. The summed E-state index contributed by atoms with van der Waals surface area (Å²) in [6, 6.07) is 7.03. The Morgan fingerprint density at radius 2 is 2.08 bits per heavy atom. The first kappa shape index (κ1) is 17.7. The summed E-state index contributed by atoms with van der Waals surface area (Å²) in [6.07, 6.45) is 3.68. The van der Waals surface area contributed by atoms with E-state index in [1.54, 1.807) is 17.0 Å². The number of sulfonamides is 1. The van der Waals surface area contributed by atoms with E-state index < -0.39 is 10.0 Å². The Hall–Kier alpha value is -2.13. The molecule has 2 aromatic rings. The zero-order chi connectivity index (χ0) is 18.0. The number of amides is 1. The van der Waals surface area contributed by atoms with Crippen LogP contribution in [0.2, 0.25) is 0 Å². The minimum absolute atomic E-state index is 0.0573. The number of benzene rings is 1. The summed E-state index contributed by atoms with van der Waals surface area (Å²) in [5.41, 5.74) is 1.05. The van der Waals surface area contributed by atoms with Crippen LogP contribution in [0.3, 0.4) is 0 Å². The molecule has 8 nitrogen and oxygen atoms in total. The molecule has 1 amide bonds. The van der Waals surface area contributed by atoms with Crippen LogP contribution in [0.15, 0.2) is 29.1 Å². The highest BCUT2D eigenvalue weighted by atomic mass is 32.2. The summed E-state index contributed by atoms with van der Waals surface area (Å²) in [4.78, 5) is 29.3. The summed E-state index contributed by atoms with van der Waals surface area (Å²) in [5, 5.41) is 0. The number of aromatic amines is 1. The number of carbonyl (C=O) groups excluding carboxylic acids is 1. The number of hydrogen-bond acceptors (Lipinski definition) is 4. The number of imidazole rings is 1. The molecule has 2 heterocycles. The van der Waals surface area contributed by atoms with Crippen LogP contribution in [-0.2, 0) is 21.4 Å². The van der Waals surface area contributed by atoms with Crippen molar-refractivity contribution in [3.8, 4) is 0 Å². The molecule has 9 heteroatoms. The summed E-state index contributed by atoms with van der Waals surface area (Å²) in [7, 11) is -3.31. The van der Waals surface area contributed by atoms with Crippen molar-refractivity contribution in [3.63, 3.8) is 0 Å². The van der Waals surface area contributed by atoms with Crippen molar-refractivity contribution in [2.75, 3.05) is 19.3 Å². The molecule has 1 unspecified atom stereocenters. The van der Waals surface area contributed by atoms with Gasteiger partial charge in [0.25, 0.3) is 0 Å². The number of nitrogens with one attached hydrogen (secondary N) is 2. The second kappa shape index (κ2) is 7.01. The predicted molar refractivity (Wildman–Crippen MR) is 94.8 cm³/mol. The van der Waals surface area contributed by atoms with Crippen molar-refractivity contribution >= 4 is 27.0 Å². The highest BCUT2D eigenvalue weighted by Gasteiger charge is 2.28. The van der Waals surface area contributed by atoms with E-state index in [-0.39, 0.29) is 30.7 Å². The monoisotopic (exact) mass is 366 g/mol. The smallest absolute Gasteiger partial charge is 0.326 e. The Labute approximate surface area is 145 Å². The van der Waals surface area contributed by atoms with E-state index >= 15 is 0 Å². The number of nitrogens with zero attached hydrogens (tertiary/aromatic N) is 2. The van der Waals surface area contributed by atoms with E-state index in [0.29, 0.717) is 17.6 Å².